The quantitative estimate of drug-likeness (QED) is 0.629. The number of benzene rings is 2. The van der Waals surface area contributed by atoms with Gasteiger partial charge in [-0.3, -0.25) is 0 Å². The van der Waals surface area contributed by atoms with Crippen LogP contribution in [0, 0.1) is 5.92 Å². The highest BCUT2D eigenvalue weighted by atomic mass is 16.5. The van der Waals surface area contributed by atoms with Gasteiger partial charge in [-0.2, -0.15) is 0 Å². The van der Waals surface area contributed by atoms with Gasteiger partial charge in [-0.1, -0.05) is 30.3 Å². The number of ether oxygens (including phenoxy) is 2. The summed E-state index contributed by atoms with van der Waals surface area (Å²) in [7, 11) is 5.95. The first kappa shape index (κ1) is 22.6. The summed E-state index contributed by atoms with van der Waals surface area (Å²) in [4.78, 5) is 2.14. The van der Waals surface area contributed by atoms with Crippen LogP contribution in [-0.4, -0.2) is 40.0 Å². The molecular weight excluding hydrogens is 372 g/mol. The molecule has 2 atom stereocenters. The Morgan fingerprint density at radius 2 is 1.87 bits per heavy atom. The van der Waals surface area contributed by atoms with Gasteiger partial charge in [0, 0.05) is 38.4 Å². The SMILES string of the molecule is COc1ccccc1[C@H](CC[NH2+]Cc1ccc(N(C)C)cc1)[C@@H]1CCOC(C)(C)C1. The minimum absolute atomic E-state index is 0.0406. The van der Waals surface area contributed by atoms with Gasteiger partial charge >= 0.3 is 0 Å². The maximum atomic E-state index is 6.01. The molecule has 1 aliphatic rings. The lowest BCUT2D eigenvalue weighted by Gasteiger charge is -2.39. The van der Waals surface area contributed by atoms with Crippen molar-refractivity contribution in [2.75, 3.05) is 39.3 Å². The summed E-state index contributed by atoms with van der Waals surface area (Å²) >= 11 is 0. The summed E-state index contributed by atoms with van der Waals surface area (Å²) in [6, 6.07) is 17.4. The second-order valence-corrected chi connectivity index (χ2v) is 9.34. The molecule has 0 unspecified atom stereocenters. The molecule has 164 valence electrons. The minimum Gasteiger partial charge on any atom is -0.496 e. The number of methoxy groups -OCH3 is 1. The number of para-hydroxylation sites is 1. The predicted molar refractivity (Wildman–Crippen MR) is 124 cm³/mol. The Hall–Kier alpha value is -2.04. The Bertz CT molecular complexity index is 786. The van der Waals surface area contributed by atoms with Crippen LogP contribution in [0.15, 0.2) is 48.5 Å². The molecule has 30 heavy (non-hydrogen) atoms. The van der Waals surface area contributed by atoms with E-state index in [1.807, 2.05) is 0 Å². The van der Waals surface area contributed by atoms with Crippen molar-refractivity contribution in [1.29, 1.82) is 0 Å². The largest absolute Gasteiger partial charge is 0.496 e. The molecule has 4 nitrogen and oxygen atoms in total. The molecule has 0 bridgehead atoms. The fourth-order valence-electron chi connectivity index (χ4n) is 4.74. The molecule has 0 saturated carbocycles. The summed E-state index contributed by atoms with van der Waals surface area (Å²) in [5.74, 6) is 2.14. The third-order valence-electron chi connectivity index (χ3n) is 6.36. The molecule has 2 aromatic carbocycles. The topological polar surface area (TPSA) is 38.3 Å². The van der Waals surface area contributed by atoms with E-state index in [0.717, 1.165) is 44.7 Å². The summed E-state index contributed by atoms with van der Waals surface area (Å²) < 4.78 is 11.7. The number of anilines is 1. The Balaban J connectivity index is 1.65. The molecule has 1 aliphatic heterocycles. The van der Waals surface area contributed by atoms with E-state index in [-0.39, 0.29) is 5.60 Å². The van der Waals surface area contributed by atoms with Crippen LogP contribution in [0.1, 0.15) is 50.2 Å². The molecule has 1 heterocycles. The molecule has 2 aromatic rings. The number of nitrogens with zero attached hydrogens (tertiary/aromatic N) is 1. The smallest absolute Gasteiger partial charge is 0.122 e. The highest BCUT2D eigenvalue weighted by molar-refractivity contribution is 5.45. The van der Waals surface area contributed by atoms with Crippen LogP contribution in [0.3, 0.4) is 0 Å². The number of hydrogen-bond donors (Lipinski definition) is 1. The van der Waals surface area contributed by atoms with Gasteiger partial charge in [0.15, 0.2) is 0 Å². The molecule has 0 aromatic heterocycles. The highest BCUT2D eigenvalue weighted by Crippen LogP contribution is 2.42. The van der Waals surface area contributed by atoms with Gasteiger partial charge in [0.2, 0.25) is 0 Å². The first-order chi connectivity index (χ1) is 14.4. The van der Waals surface area contributed by atoms with Crippen LogP contribution in [0.25, 0.3) is 0 Å². The Morgan fingerprint density at radius 1 is 1.13 bits per heavy atom. The average Bonchev–Trinajstić information content (AvgIpc) is 2.73. The third-order valence-corrected chi connectivity index (χ3v) is 6.36. The monoisotopic (exact) mass is 411 g/mol. The van der Waals surface area contributed by atoms with Gasteiger partial charge in [0.25, 0.3) is 0 Å². The van der Waals surface area contributed by atoms with Crippen molar-refractivity contribution in [2.24, 2.45) is 5.92 Å². The first-order valence-corrected chi connectivity index (χ1v) is 11.2. The molecule has 3 rings (SSSR count). The van der Waals surface area contributed by atoms with E-state index in [4.69, 9.17) is 9.47 Å². The van der Waals surface area contributed by atoms with Crippen molar-refractivity contribution in [2.45, 2.75) is 51.2 Å². The summed E-state index contributed by atoms with van der Waals surface area (Å²) in [6.45, 7) is 7.43. The highest BCUT2D eigenvalue weighted by Gasteiger charge is 2.35. The van der Waals surface area contributed by atoms with Crippen molar-refractivity contribution in [1.82, 2.24) is 0 Å². The van der Waals surface area contributed by atoms with Crippen LogP contribution < -0.4 is 15.0 Å². The van der Waals surface area contributed by atoms with Gasteiger partial charge in [0.05, 0.1) is 19.3 Å². The van der Waals surface area contributed by atoms with Crippen LogP contribution in [0.2, 0.25) is 0 Å². The number of rotatable bonds is 9. The predicted octanol–water partition coefficient (Wildman–Crippen LogP) is 4.20. The maximum absolute atomic E-state index is 6.01. The van der Waals surface area contributed by atoms with Gasteiger partial charge in [-0.15, -0.1) is 0 Å². The lowest BCUT2D eigenvalue weighted by atomic mass is 9.75. The second kappa shape index (κ2) is 10.3. The minimum atomic E-state index is -0.0406. The third kappa shape index (κ3) is 5.99. The fourth-order valence-corrected chi connectivity index (χ4v) is 4.74. The lowest BCUT2D eigenvalue weighted by molar-refractivity contribution is -0.671. The fraction of sp³-hybridized carbons (Fsp3) is 0.538. The van der Waals surface area contributed by atoms with E-state index in [1.165, 1.54) is 16.8 Å². The second-order valence-electron chi connectivity index (χ2n) is 9.34. The molecule has 0 spiro atoms. The zero-order chi connectivity index (χ0) is 21.6. The summed E-state index contributed by atoms with van der Waals surface area (Å²) in [5.41, 5.74) is 3.94. The van der Waals surface area contributed by atoms with Gasteiger partial charge in [0.1, 0.15) is 12.3 Å². The first-order valence-electron chi connectivity index (χ1n) is 11.2. The van der Waals surface area contributed by atoms with E-state index in [9.17, 15) is 0 Å². The molecule has 0 amide bonds. The van der Waals surface area contributed by atoms with E-state index >= 15 is 0 Å². The number of quaternary nitrogens is 1. The van der Waals surface area contributed by atoms with Crippen LogP contribution >= 0.6 is 0 Å². The molecule has 2 N–H and O–H groups in total. The van der Waals surface area contributed by atoms with Gasteiger partial charge < -0.3 is 19.7 Å². The maximum Gasteiger partial charge on any atom is 0.122 e. The number of nitrogens with two attached hydrogens (primary N) is 1. The standard InChI is InChI=1S/C26H38N2O2/c1-26(2)18-21(15-17-30-26)23(24-8-6-7-9-25(24)29-5)14-16-27-19-20-10-12-22(13-11-20)28(3)4/h6-13,21,23,27H,14-19H2,1-5H3/p+1/t21-,23-/m1/s1. The van der Waals surface area contributed by atoms with E-state index in [2.05, 4.69) is 86.7 Å². The van der Waals surface area contributed by atoms with Crippen LogP contribution in [-0.2, 0) is 11.3 Å². The van der Waals surface area contributed by atoms with Crippen molar-refractivity contribution >= 4 is 5.69 Å². The summed E-state index contributed by atoms with van der Waals surface area (Å²) in [6.07, 6.45) is 3.37. The molecular formula is C26H39N2O2+. The Morgan fingerprint density at radius 3 is 2.53 bits per heavy atom. The zero-order valence-corrected chi connectivity index (χ0v) is 19.4. The van der Waals surface area contributed by atoms with Crippen molar-refractivity contribution < 1.29 is 14.8 Å². The van der Waals surface area contributed by atoms with E-state index in [1.54, 1.807) is 7.11 Å². The molecule has 4 heteroatoms. The molecule has 1 fully saturated rings. The lowest BCUT2D eigenvalue weighted by Crippen LogP contribution is -2.82. The Kier molecular flexibility index (Phi) is 7.79. The van der Waals surface area contributed by atoms with Crippen molar-refractivity contribution in [3.63, 3.8) is 0 Å². The molecule has 0 radical (unpaired) electrons. The Labute approximate surface area is 182 Å². The normalized spacial score (nSPS) is 19.3. The summed E-state index contributed by atoms with van der Waals surface area (Å²) in [5, 5.41) is 2.44. The van der Waals surface area contributed by atoms with Crippen molar-refractivity contribution in [3.05, 3.63) is 59.7 Å². The van der Waals surface area contributed by atoms with Crippen LogP contribution in [0.4, 0.5) is 5.69 Å². The average molecular weight is 412 g/mol. The van der Waals surface area contributed by atoms with Gasteiger partial charge in [-0.05, 0) is 62.3 Å². The van der Waals surface area contributed by atoms with E-state index < -0.39 is 0 Å². The molecule has 0 aliphatic carbocycles. The zero-order valence-electron chi connectivity index (χ0n) is 19.4. The van der Waals surface area contributed by atoms with Gasteiger partial charge in [-0.25, -0.2) is 0 Å². The van der Waals surface area contributed by atoms with Crippen molar-refractivity contribution in [3.8, 4) is 5.75 Å². The van der Waals surface area contributed by atoms with E-state index in [0.29, 0.717) is 11.8 Å². The van der Waals surface area contributed by atoms with Crippen LogP contribution in [0.5, 0.6) is 5.75 Å². The number of hydrogen-bond acceptors (Lipinski definition) is 3. The molecule has 1 saturated heterocycles.